The summed E-state index contributed by atoms with van der Waals surface area (Å²) >= 11 is 0. The van der Waals surface area contributed by atoms with E-state index in [1.54, 1.807) is 12.1 Å². The first kappa shape index (κ1) is 13.9. The molecule has 1 aromatic heterocycles. The molecular weight excluding hydrogens is 256 g/mol. The third-order valence-electron chi connectivity index (χ3n) is 2.83. The number of hydrogen-bond acceptors (Lipinski definition) is 3. The van der Waals surface area contributed by atoms with Gasteiger partial charge in [-0.25, -0.2) is 0 Å². The quantitative estimate of drug-likeness (QED) is 0.873. The minimum Gasteiger partial charge on any atom is -0.459 e. The predicted molar refractivity (Wildman–Crippen MR) is 74.0 cm³/mol. The average Bonchev–Trinajstić information content (AvgIpc) is 3.00. The first-order chi connectivity index (χ1) is 9.66. The predicted octanol–water partition coefficient (Wildman–Crippen LogP) is 1.89. The summed E-state index contributed by atoms with van der Waals surface area (Å²) in [5, 5.41) is 5.31. The van der Waals surface area contributed by atoms with Crippen LogP contribution in [-0.4, -0.2) is 18.4 Å². The first-order valence-electron chi connectivity index (χ1n) is 6.33. The lowest BCUT2D eigenvalue weighted by molar-refractivity contribution is -0.120. The molecule has 1 atom stereocenters. The summed E-state index contributed by atoms with van der Waals surface area (Å²) in [6.45, 7) is 1.80. The lowest BCUT2D eigenvalue weighted by Gasteiger charge is -2.14. The molecule has 2 aromatic rings. The summed E-state index contributed by atoms with van der Waals surface area (Å²) in [6, 6.07) is 12.7. The van der Waals surface area contributed by atoms with Gasteiger partial charge in [-0.1, -0.05) is 30.3 Å². The minimum atomic E-state index is -0.405. The Labute approximate surface area is 117 Å². The fraction of sp³-hybridized carbons (Fsp3) is 0.200. The van der Waals surface area contributed by atoms with Crippen molar-refractivity contribution < 1.29 is 14.0 Å². The Morgan fingerprint density at radius 3 is 2.55 bits per heavy atom. The van der Waals surface area contributed by atoms with Crippen LogP contribution in [0.5, 0.6) is 0 Å². The highest BCUT2D eigenvalue weighted by atomic mass is 16.3. The molecule has 1 heterocycles. The third-order valence-corrected chi connectivity index (χ3v) is 2.83. The summed E-state index contributed by atoms with van der Waals surface area (Å²) in [6.07, 6.45) is 1.41. The molecule has 0 bridgehead atoms. The van der Waals surface area contributed by atoms with Gasteiger partial charge in [-0.3, -0.25) is 9.59 Å². The molecule has 2 amide bonds. The van der Waals surface area contributed by atoms with E-state index in [-0.39, 0.29) is 24.3 Å². The van der Waals surface area contributed by atoms with Gasteiger partial charge in [0.05, 0.1) is 18.8 Å². The zero-order chi connectivity index (χ0) is 14.4. The zero-order valence-electron chi connectivity index (χ0n) is 11.1. The summed E-state index contributed by atoms with van der Waals surface area (Å²) < 4.78 is 4.93. The molecule has 0 unspecified atom stereocenters. The Bertz CT molecular complexity index is 564. The molecule has 5 heteroatoms. The van der Waals surface area contributed by atoms with Crippen molar-refractivity contribution >= 4 is 11.8 Å². The number of rotatable bonds is 5. The van der Waals surface area contributed by atoms with Crippen molar-refractivity contribution in [3.8, 4) is 0 Å². The van der Waals surface area contributed by atoms with Crippen molar-refractivity contribution in [1.29, 1.82) is 0 Å². The number of hydrogen-bond donors (Lipinski definition) is 2. The van der Waals surface area contributed by atoms with Crippen molar-refractivity contribution in [2.24, 2.45) is 0 Å². The molecule has 1 aromatic carbocycles. The molecular formula is C15H16N2O3. The van der Waals surface area contributed by atoms with E-state index in [4.69, 9.17) is 4.42 Å². The van der Waals surface area contributed by atoms with Crippen LogP contribution in [0.4, 0.5) is 0 Å². The highest BCUT2D eigenvalue weighted by Gasteiger charge is 2.12. The average molecular weight is 272 g/mol. The van der Waals surface area contributed by atoms with E-state index >= 15 is 0 Å². The first-order valence-corrected chi connectivity index (χ1v) is 6.33. The largest absolute Gasteiger partial charge is 0.459 e. The van der Waals surface area contributed by atoms with Crippen molar-refractivity contribution in [2.75, 3.05) is 6.54 Å². The highest BCUT2D eigenvalue weighted by molar-refractivity contribution is 5.94. The Morgan fingerprint density at radius 2 is 1.90 bits per heavy atom. The molecule has 20 heavy (non-hydrogen) atoms. The Kier molecular flexibility index (Phi) is 4.55. The van der Waals surface area contributed by atoms with Gasteiger partial charge in [-0.15, -0.1) is 0 Å². The Hall–Kier alpha value is -2.56. The van der Waals surface area contributed by atoms with Crippen molar-refractivity contribution in [2.45, 2.75) is 13.0 Å². The second kappa shape index (κ2) is 6.56. The number of carbonyl (C=O) groups excluding carboxylic acids is 2. The molecule has 5 nitrogen and oxygen atoms in total. The van der Waals surface area contributed by atoms with Gasteiger partial charge < -0.3 is 15.1 Å². The smallest absolute Gasteiger partial charge is 0.287 e. The number of nitrogens with one attached hydrogen (secondary N) is 2. The molecule has 2 rings (SSSR count). The number of carbonyl (C=O) groups is 2. The molecule has 0 spiro atoms. The third kappa shape index (κ3) is 3.71. The van der Waals surface area contributed by atoms with Crippen molar-refractivity contribution in [1.82, 2.24) is 10.6 Å². The Morgan fingerprint density at radius 1 is 1.15 bits per heavy atom. The lowest BCUT2D eigenvalue weighted by atomic mass is 10.1. The van der Waals surface area contributed by atoms with Gasteiger partial charge >= 0.3 is 0 Å². The normalized spacial score (nSPS) is 11.7. The van der Waals surface area contributed by atoms with Gasteiger partial charge in [0.1, 0.15) is 0 Å². The van der Waals surface area contributed by atoms with Crippen LogP contribution >= 0.6 is 0 Å². The van der Waals surface area contributed by atoms with Crippen LogP contribution in [-0.2, 0) is 4.79 Å². The maximum Gasteiger partial charge on any atom is 0.287 e. The fourth-order valence-electron chi connectivity index (χ4n) is 1.77. The van der Waals surface area contributed by atoms with E-state index in [1.165, 1.54) is 6.26 Å². The number of furan rings is 1. The molecule has 0 fully saturated rings. The number of amides is 2. The SMILES string of the molecule is C[C@H](NC(=O)CNC(=O)c1ccco1)c1ccccc1. The van der Waals surface area contributed by atoms with Crippen LogP contribution in [0.1, 0.15) is 29.1 Å². The summed E-state index contributed by atoms with van der Waals surface area (Å²) in [5.41, 5.74) is 1.01. The molecule has 104 valence electrons. The molecule has 0 aliphatic heterocycles. The standard InChI is InChI=1S/C15H16N2O3/c1-11(12-6-3-2-4-7-12)17-14(18)10-16-15(19)13-8-5-9-20-13/h2-9,11H,10H2,1H3,(H,16,19)(H,17,18)/t11-/m0/s1. The molecule has 2 N–H and O–H groups in total. The van der Waals surface area contributed by atoms with Gasteiger partial charge in [-0.2, -0.15) is 0 Å². The van der Waals surface area contributed by atoms with Crippen LogP contribution in [0.15, 0.2) is 53.1 Å². The zero-order valence-corrected chi connectivity index (χ0v) is 11.1. The second-order valence-electron chi connectivity index (χ2n) is 4.36. The van der Waals surface area contributed by atoms with Crippen molar-refractivity contribution in [3.63, 3.8) is 0 Å². The maximum atomic E-state index is 11.7. The summed E-state index contributed by atoms with van der Waals surface area (Å²) in [4.78, 5) is 23.3. The van der Waals surface area contributed by atoms with Gasteiger partial charge in [0.15, 0.2) is 5.76 Å². The number of benzene rings is 1. The van der Waals surface area contributed by atoms with Crippen LogP contribution in [0.25, 0.3) is 0 Å². The van der Waals surface area contributed by atoms with Crippen LogP contribution < -0.4 is 10.6 Å². The van der Waals surface area contributed by atoms with E-state index in [9.17, 15) is 9.59 Å². The minimum absolute atomic E-state index is 0.0866. The van der Waals surface area contributed by atoms with Gasteiger partial charge in [0.2, 0.25) is 5.91 Å². The molecule has 0 aliphatic carbocycles. The fourth-order valence-corrected chi connectivity index (χ4v) is 1.77. The topological polar surface area (TPSA) is 71.3 Å². The van der Waals surface area contributed by atoms with E-state index in [1.807, 2.05) is 37.3 Å². The van der Waals surface area contributed by atoms with Gasteiger partial charge in [-0.05, 0) is 24.6 Å². The van der Waals surface area contributed by atoms with E-state index in [0.717, 1.165) is 5.56 Å². The van der Waals surface area contributed by atoms with Crippen LogP contribution in [0, 0.1) is 0 Å². The maximum absolute atomic E-state index is 11.7. The van der Waals surface area contributed by atoms with E-state index < -0.39 is 5.91 Å². The monoisotopic (exact) mass is 272 g/mol. The van der Waals surface area contributed by atoms with E-state index in [0.29, 0.717) is 0 Å². The summed E-state index contributed by atoms with van der Waals surface area (Å²) in [7, 11) is 0. The molecule has 0 aliphatic rings. The Balaban J connectivity index is 1.80. The van der Waals surface area contributed by atoms with E-state index in [2.05, 4.69) is 10.6 Å². The molecule has 0 saturated heterocycles. The van der Waals surface area contributed by atoms with Crippen LogP contribution in [0.2, 0.25) is 0 Å². The highest BCUT2D eigenvalue weighted by Crippen LogP contribution is 2.10. The summed E-state index contributed by atoms with van der Waals surface area (Å²) in [5.74, 6) is -0.465. The second-order valence-corrected chi connectivity index (χ2v) is 4.36. The molecule has 0 radical (unpaired) electrons. The molecule has 0 saturated carbocycles. The van der Waals surface area contributed by atoms with Gasteiger partial charge in [0.25, 0.3) is 5.91 Å². The van der Waals surface area contributed by atoms with Crippen LogP contribution in [0.3, 0.4) is 0 Å². The van der Waals surface area contributed by atoms with Crippen molar-refractivity contribution in [3.05, 3.63) is 60.1 Å². The lowest BCUT2D eigenvalue weighted by Crippen LogP contribution is -2.37. The van der Waals surface area contributed by atoms with Gasteiger partial charge in [0, 0.05) is 0 Å².